The quantitative estimate of drug-likeness (QED) is 0.172. The number of nitrogens with zero attached hydrogens (tertiary/aromatic N) is 2. The molecule has 0 aliphatic rings. The Morgan fingerprint density at radius 1 is 0.239 bits per heavy atom. The van der Waals surface area contributed by atoms with Crippen molar-refractivity contribution >= 4 is 120 Å². The Bertz CT molecular complexity index is 5090. The van der Waals surface area contributed by atoms with E-state index in [9.17, 15) is 0 Å². The van der Waals surface area contributed by atoms with E-state index in [1.807, 2.05) is 0 Å². The molecule has 0 aliphatic heterocycles. The second-order valence-corrected chi connectivity index (χ2v) is 19.5. The lowest BCUT2D eigenvalue weighted by Gasteiger charge is -2.14. The monoisotopic (exact) mass is 898 g/mol. The summed E-state index contributed by atoms with van der Waals surface area (Å²) in [4.78, 5) is 0. The third-order valence-electron chi connectivity index (χ3n) is 15.9. The molecule has 0 spiro atoms. The lowest BCUT2D eigenvalue weighted by molar-refractivity contribution is 0.669. The lowest BCUT2D eigenvalue weighted by atomic mass is 9.89. The van der Waals surface area contributed by atoms with Crippen LogP contribution in [0.2, 0.25) is 0 Å². The highest BCUT2D eigenvalue weighted by atomic mass is 16.3. The van der Waals surface area contributed by atoms with Crippen molar-refractivity contribution < 1.29 is 4.42 Å². The summed E-state index contributed by atoms with van der Waals surface area (Å²) in [6, 6.07) is 85.7. The summed E-state index contributed by atoms with van der Waals surface area (Å²) in [6.45, 7) is 0. The van der Waals surface area contributed by atoms with E-state index in [1.165, 1.54) is 142 Å². The van der Waals surface area contributed by atoms with E-state index in [1.54, 1.807) is 0 Å². The Balaban J connectivity index is 0.978. The van der Waals surface area contributed by atoms with Gasteiger partial charge in [-0.15, -0.1) is 0 Å². The van der Waals surface area contributed by atoms with Gasteiger partial charge in [0.25, 0.3) is 0 Å². The van der Waals surface area contributed by atoms with Gasteiger partial charge in [0.1, 0.15) is 11.2 Å². The van der Waals surface area contributed by atoms with Crippen molar-refractivity contribution in [2.45, 2.75) is 0 Å². The van der Waals surface area contributed by atoms with Gasteiger partial charge in [-0.05, 0) is 127 Å². The fourth-order valence-corrected chi connectivity index (χ4v) is 12.9. The molecular formula is C68H38N2O. The van der Waals surface area contributed by atoms with Crippen molar-refractivity contribution in [2.24, 2.45) is 0 Å². The third-order valence-corrected chi connectivity index (χ3v) is 15.9. The number of hydrogen-bond donors (Lipinski definition) is 0. The first kappa shape index (κ1) is 37.5. The average molecular weight is 899 g/mol. The van der Waals surface area contributed by atoms with E-state index < -0.39 is 0 Å². The first-order chi connectivity index (χ1) is 35.2. The minimum Gasteiger partial charge on any atom is -0.456 e. The topological polar surface area (TPSA) is 22.0 Å². The van der Waals surface area contributed by atoms with Gasteiger partial charge in [0.15, 0.2) is 0 Å². The average Bonchev–Trinajstić information content (AvgIpc) is 4.23. The van der Waals surface area contributed by atoms with E-state index >= 15 is 0 Å². The lowest BCUT2D eigenvalue weighted by Crippen LogP contribution is -1.89. The molecule has 0 atom stereocenters. The SMILES string of the molecule is c1ccc(-c2ccc(-c3c4ccccc4cc4c3c3cc(-c5ccc6cc7c(c(-c8ccc9oc%10ccccc%10c9c8)c6c5)c5cccc6c8ccccc8n7c65)cc5c6ccccc6n4c53)cc2)cc1. The smallest absolute Gasteiger partial charge is 0.135 e. The van der Waals surface area contributed by atoms with Crippen molar-refractivity contribution in [1.29, 1.82) is 0 Å². The van der Waals surface area contributed by atoms with Crippen LogP contribution in [0.3, 0.4) is 0 Å². The molecule has 0 N–H and O–H groups in total. The number of hydrogen-bond acceptors (Lipinski definition) is 1. The van der Waals surface area contributed by atoms with Crippen LogP contribution in [0.15, 0.2) is 235 Å². The number of aromatic nitrogens is 2. The van der Waals surface area contributed by atoms with E-state index in [0.717, 1.165) is 21.9 Å². The van der Waals surface area contributed by atoms with Gasteiger partial charge in [0.05, 0.1) is 33.1 Å². The maximum absolute atomic E-state index is 6.42. The van der Waals surface area contributed by atoms with Crippen LogP contribution in [0, 0.1) is 0 Å². The summed E-state index contributed by atoms with van der Waals surface area (Å²) in [7, 11) is 0. The molecule has 17 rings (SSSR count). The molecule has 0 saturated carbocycles. The zero-order valence-corrected chi connectivity index (χ0v) is 38.2. The molecule has 0 amide bonds. The minimum atomic E-state index is 0.900. The fraction of sp³-hybridized carbons (Fsp3) is 0. The normalized spacial score (nSPS) is 12.5. The van der Waals surface area contributed by atoms with Gasteiger partial charge in [-0.2, -0.15) is 0 Å². The Hall–Kier alpha value is -9.44. The zero-order chi connectivity index (χ0) is 46.1. The van der Waals surface area contributed by atoms with Crippen LogP contribution >= 0.6 is 0 Å². The number of benzene rings is 12. The van der Waals surface area contributed by atoms with Crippen molar-refractivity contribution in [3.8, 4) is 44.5 Å². The van der Waals surface area contributed by atoms with Crippen LogP contribution in [0.5, 0.6) is 0 Å². The molecule has 0 radical (unpaired) electrons. The first-order valence-electron chi connectivity index (χ1n) is 24.6. The van der Waals surface area contributed by atoms with Crippen LogP contribution in [-0.4, -0.2) is 8.80 Å². The number of fused-ring (bicyclic) bond motifs is 17. The summed E-state index contributed by atoms with van der Waals surface area (Å²) in [5.74, 6) is 0. The molecule has 12 aromatic carbocycles. The summed E-state index contributed by atoms with van der Waals surface area (Å²) in [5, 5.41) is 17.4. The molecule has 326 valence electrons. The Morgan fingerprint density at radius 3 is 1.55 bits per heavy atom. The van der Waals surface area contributed by atoms with Crippen LogP contribution < -0.4 is 0 Å². The summed E-state index contributed by atoms with van der Waals surface area (Å²) >= 11 is 0. The molecule has 3 nitrogen and oxygen atoms in total. The number of furan rings is 1. The summed E-state index contributed by atoms with van der Waals surface area (Å²) < 4.78 is 11.5. The summed E-state index contributed by atoms with van der Waals surface area (Å²) in [5.41, 5.74) is 19.0. The molecule has 5 aromatic heterocycles. The highest BCUT2D eigenvalue weighted by Gasteiger charge is 2.26. The standard InChI is InChI=1S/C68H38N2O/c1-2-13-39(14-3-1)40-25-27-41(28-26-40)63-47-16-5-4-15-43(47)37-60-66(63)56-36-46(35-55-49-18-7-10-23-58(49)70(60)68(55)56)42-29-30-44-38-59-65(52-21-12-20-51-48-17-6-9-22-57(48)69(59)67(51)52)64(53(44)33-42)45-31-32-62-54(34-45)50-19-8-11-24-61(50)71-62/h1-38H. The van der Waals surface area contributed by atoms with Crippen LogP contribution in [0.25, 0.3) is 164 Å². The Labute approximate surface area is 405 Å². The van der Waals surface area contributed by atoms with Crippen LogP contribution in [0.4, 0.5) is 0 Å². The number of rotatable bonds is 4. The maximum atomic E-state index is 6.42. The molecule has 17 aromatic rings. The van der Waals surface area contributed by atoms with Gasteiger partial charge in [0, 0.05) is 53.9 Å². The maximum Gasteiger partial charge on any atom is 0.135 e. The first-order valence-corrected chi connectivity index (χ1v) is 24.6. The Morgan fingerprint density at radius 2 is 0.746 bits per heavy atom. The highest BCUT2D eigenvalue weighted by molar-refractivity contribution is 6.32. The van der Waals surface area contributed by atoms with E-state index in [0.29, 0.717) is 0 Å². The van der Waals surface area contributed by atoms with E-state index in [2.05, 4.69) is 239 Å². The largest absolute Gasteiger partial charge is 0.456 e. The van der Waals surface area contributed by atoms with Crippen LogP contribution in [-0.2, 0) is 0 Å². The van der Waals surface area contributed by atoms with Gasteiger partial charge < -0.3 is 13.2 Å². The molecule has 0 fully saturated rings. The van der Waals surface area contributed by atoms with Crippen molar-refractivity contribution in [2.75, 3.05) is 0 Å². The van der Waals surface area contributed by atoms with Crippen molar-refractivity contribution in [1.82, 2.24) is 8.80 Å². The fourth-order valence-electron chi connectivity index (χ4n) is 12.9. The zero-order valence-electron chi connectivity index (χ0n) is 38.2. The highest BCUT2D eigenvalue weighted by Crippen LogP contribution is 2.50. The Kier molecular flexibility index (Phi) is 7.20. The van der Waals surface area contributed by atoms with Gasteiger partial charge in [0.2, 0.25) is 0 Å². The second kappa shape index (κ2) is 13.6. The van der Waals surface area contributed by atoms with Gasteiger partial charge in [-0.1, -0.05) is 170 Å². The van der Waals surface area contributed by atoms with Crippen molar-refractivity contribution in [3.63, 3.8) is 0 Å². The second-order valence-electron chi connectivity index (χ2n) is 19.5. The summed E-state index contributed by atoms with van der Waals surface area (Å²) in [6.07, 6.45) is 0. The molecule has 5 heterocycles. The van der Waals surface area contributed by atoms with Gasteiger partial charge in [-0.25, -0.2) is 0 Å². The predicted octanol–water partition coefficient (Wildman–Crippen LogP) is 18.9. The molecule has 0 aliphatic carbocycles. The van der Waals surface area contributed by atoms with E-state index in [-0.39, 0.29) is 0 Å². The molecule has 0 bridgehead atoms. The molecular weight excluding hydrogens is 861 g/mol. The van der Waals surface area contributed by atoms with Gasteiger partial charge >= 0.3 is 0 Å². The molecule has 0 saturated heterocycles. The predicted molar refractivity (Wildman–Crippen MR) is 300 cm³/mol. The van der Waals surface area contributed by atoms with E-state index in [4.69, 9.17) is 4.42 Å². The number of para-hydroxylation sites is 4. The van der Waals surface area contributed by atoms with Crippen LogP contribution in [0.1, 0.15) is 0 Å². The molecule has 71 heavy (non-hydrogen) atoms. The minimum absolute atomic E-state index is 0.900. The van der Waals surface area contributed by atoms with Gasteiger partial charge in [-0.3, -0.25) is 0 Å². The molecule has 0 unspecified atom stereocenters. The van der Waals surface area contributed by atoms with Crippen molar-refractivity contribution in [3.05, 3.63) is 231 Å². The molecule has 3 heteroatoms. The third kappa shape index (κ3) is 4.96.